The molecule has 0 aliphatic rings. The molecule has 1 aromatic heterocycles. The van der Waals surface area contributed by atoms with E-state index in [4.69, 9.17) is 9.47 Å². The topological polar surface area (TPSA) is 89.6 Å². The first-order valence-electron chi connectivity index (χ1n) is 10.7. The molecule has 2 rings (SSSR count). The number of halogens is 4. The zero-order valence-corrected chi connectivity index (χ0v) is 22.5. The van der Waals surface area contributed by atoms with Gasteiger partial charge < -0.3 is 20.1 Å². The third-order valence-electron chi connectivity index (χ3n) is 4.45. The number of carbonyl (C=O) groups excluding carboxylic acids is 2. The number of benzene rings is 1. The number of alkyl halides is 3. The minimum atomic E-state index is -4.44. The summed E-state index contributed by atoms with van der Waals surface area (Å²) in [5, 5.41) is 7.90. The normalized spacial score (nSPS) is 13.2. The Morgan fingerprint density at radius 3 is 2.20 bits per heavy atom. The van der Waals surface area contributed by atoms with Crippen LogP contribution in [0.15, 0.2) is 34.2 Å². The predicted octanol–water partition coefficient (Wildman–Crippen LogP) is 6.11. The zero-order valence-electron chi connectivity index (χ0n) is 20.1. The Morgan fingerprint density at radius 1 is 1.06 bits per heavy atom. The van der Waals surface area contributed by atoms with Gasteiger partial charge in [0.25, 0.3) is 0 Å². The van der Waals surface area contributed by atoms with Crippen LogP contribution in [-0.2, 0) is 28.5 Å². The molecular weight excluding hydrogens is 551 g/mol. The highest BCUT2D eigenvalue weighted by Gasteiger charge is 2.30. The fourth-order valence-electron chi connectivity index (χ4n) is 3.03. The van der Waals surface area contributed by atoms with Gasteiger partial charge in [-0.1, -0.05) is 12.1 Å². The molecule has 2 N–H and O–H groups in total. The van der Waals surface area contributed by atoms with E-state index >= 15 is 0 Å². The van der Waals surface area contributed by atoms with Crippen LogP contribution in [-0.4, -0.2) is 41.0 Å². The Kier molecular flexibility index (Phi) is 9.57. The summed E-state index contributed by atoms with van der Waals surface area (Å²) in [5.74, 6) is 0. The maximum Gasteiger partial charge on any atom is 0.416 e. The summed E-state index contributed by atoms with van der Waals surface area (Å²) >= 11 is 4.72. The molecule has 2 aromatic rings. The van der Waals surface area contributed by atoms with E-state index in [1.165, 1.54) is 23.5 Å². The van der Waals surface area contributed by atoms with Gasteiger partial charge in [0.05, 0.1) is 16.6 Å². The van der Waals surface area contributed by atoms with Gasteiger partial charge >= 0.3 is 18.4 Å². The number of carbonyl (C=O) groups is 2. The minimum Gasteiger partial charge on any atom is -0.444 e. The highest BCUT2D eigenvalue weighted by Crippen LogP contribution is 2.29. The maximum atomic E-state index is 12.9. The number of amides is 2. The quantitative estimate of drug-likeness (QED) is 0.394. The molecule has 0 spiro atoms. The summed E-state index contributed by atoms with van der Waals surface area (Å²) in [6, 6.07) is 3.95. The molecule has 0 unspecified atom stereocenters. The number of nitrogens with zero attached hydrogens (tertiary/aromatic N) is 1. The van der Waals surface area contributed by atoms with Crippen LogP contribution in [0.25, 0.3) is 0 Å². The largest absolute Gasteiger partial charge is 0.444 e. The third kappa shape index (κ3) is 10.9. The Balaban J connectivity index is 2.02. The van der Waals surface area contributed by atoms with Crippen molar-refractivity contribution in [1.29, 1.82) is 0 Å². The lowest BCUT2D eigenvalue weighted by atomic mass is 10.0. The van der Waals surface area contributed by atoms with Crippen molar-refractivity contribution in [3.8, 4) is 0 Å². The molecule has 0 saturated carbocycles. The van der Waals surface area contributed by atoms with Crippen molar-refractivity contribution in [3.05, 3.63) is 50.4 Å². The van der Waals surface area contributed by atoms with E-state index in [1.807, 2.05) is 5.38 Å². The molecule has 1 aromatic carbocycles. The van der Waals surface area contributed by atoms with E-state index in [0.717, 1.165) is 17.1 Å². The monoisotopic (exact) mass is 579 g/mol. The third-order valence-corrected chi connectivity index (χ3v) is 6.00. The molecule has 1 heterocycles. The van der Waals surface area contributed by atoms with Gasteiger partial charge in [0.1, 0.15) is 15.8 Å². The molecule has 2 amide bonds. The molecule has 0 bridgehead atoms. The van der Waals surface area contributed by atoms with Crippen molar-refractivity contribution in [1.82, 2.24) is 15.6 Å². The first-order valence-corrected chi connectivity index (χ1v) is 12.4. The molecule has 194 valence electrons. The predicted molar refractivity (Wildman–Crippen MR) is 130 cm³/mol. The van der Waals surface area contributed by atoms with Crippen LogP contribution in [0.3, 0.4) is 0 Å². The van der Waals surface area contributed by atoms with Crippen LogP contribution in [0.5, 0.6) is 0 Å². The second kappa shape index (κ2) is 11.6. The highest BCUT2D eigenvalue weighted by molar-refractivity contribution is 9.10. The van der Waals surface area contributed by atoms with Crippen molar-refractivity contribution in [3.63, 3.8) is 0 Å². The molecule has 0 fully saturated rings. The lowest BCUT2D eigenvalue weighted by Crippen LogP contribution is -2.47. The average molecular weight is 580 g/mol. The van der Waals surface area contributed by atoms with Crippen LogP contribution < -0.4 is 10.6 Å². The van der Waals surface area contributed by atoms with E-state index in [0.29, 0.717) is 16.6 Å². The van der Waals surface area contributed by atoms with Gasteiger partial charge in [-0.05, 0) is 74.7 Å². The molecule has 0 aliphatic heterocycles. The molecule has 0 saturated heterocycles. The molecule has 7 nitrogen and oxygen atoms in total. The fraction of sp³-hybridized carbons (Fsp3) is 0.522. The average Bonchev–Trinajstić information content (AvgIpc) is 3.07. The molecule has 1 atom stereocenters. The zero-order chi connectivity index (χ0) is 26.4. The van der Waals surface area contributed by atoms with Crippen LogP contribution in [0, 0.1) is 0 Å². The van der Waals surface area contributed by atoms with E-state index in [2.05, 4.69) is 31.5 Å². The van der Waals surface area contributed by atoms with E-state index in [1.54, 1.807) is 34.6 Å². The number of nitrogens with one attached hydrogen (secondary N) is 2. The van der Waals surface area contributed by atoms with Crippen LogP contribution in [0.1, 0.15) is 50.8 Å². The van der Waals surface area contributed by atoms with Gasteiger partial charge in [0, 0.05) is 18.3 Å². The summed E-state index contributed by atoms with van der Waals surface area (Å²) in [7, 11) is 0. The number of thiazole rings is 1. The Hall–Kier alpha value is -2.34. The summed E-state index contributed by atoms with van der Waals surface area (Å²) in [4.78, 5) is 29.0. The second-order valence-electron chi connectivity index (χ2n) is 9.51. The van der Waals surface area contributed by atoms with Crippen LogP contribution >= 0.6 is 27.3 Å². The Labute approximate surface area is 214 Å². The lowest BCUT2D eigenvalue weighted by molar-refractivity contribution is -0.137. The maximum absolute atomic E-state index is 12.9. The van der Waals surface area contributed by atoms with Crippen LogP contribution in [0.4, 0.5) is 22.8 Å². The smallest absolute Gasteiger partial charge is 0.416 e. The number of ether oxygens (including phenoxy) is 2. The second-order valence-corrected chi connectivity index (χ2v) is 11.3. The minimum absolute atomic E-state index is 0.0298. The molecular formula is C23H29BrF3N3O4S. The van der Waals surface area contributed by atoms with Gasteiger partial charge in [0.15, 0.2) is 0 Å². The summed E-state index contributed by atoms with van der Waals surface area (Å²) in [6.45, 7) is 8.58. The Bertz CT molecular complexity index is 1000. The van der Waals surface area contributed by atoms with Crippen molar-refractivity contribution in [2.75, 3.05) is 6.54 Å². The molecule has 0 aliphatic carbocycles. The van der Waals surface area contributed by atoms with Gasteiger partial charge in [-0.2, -0.15) is 13.2 Å². The van der Waals surface area contributed by atoms with E-state index < -0.39 is 41.2 Å². The van der Waals surface area contributed by atoms with Gasteiger partial charge in [-0.3, -0.25) is 0 Å². The number of aromatic nitrogens is 1. The standard InChI is InChI=1S/C23H29BrF3N3O4S/c1-21(2,3)33-20(32)29-16(10-14-6-8-15(9-7-14)23(25,26)27)12-28-19(31)34-22(4,5)11-18-30-17(24)13-35-18/h6-9,13,16H,10-12H2,1-5H3,(H,28,31)(H,29,32)/t16-/m0/s1. The summed E-state index contributed by atoms with van der Waals surface area (Å²) in [5.41, 5.74) is -1.81. The van der Waals surface area contributed by atoms with Crippen molar-refractivity contribution >= 4 is 39.5 Å². The van der Waals surface area contributed by atoms with Gasteiger partial charge in [-0.15, -0.1) is 11.3 Å². The summed E-state index contributed by atoms with van der Waals surface area (Å²) < 4.78 is 50.1. The number of hydrogen-bond acceptors (Lipinski definition) is 6. The number of hydrogen-bond donors (Lipinski definition) is 2. The first kappa shape index (κ1) is 28.9. The Morgan fingerprint density at radius 2 is 1.69 bits per heavy atom. The van der Waals surface area contributed by atoms with Gasteiger partial charge in [0.2, 0.25) is 0 Å². The van der Waals surface area contributed by atoms with Crippen molar-refractivity contribution in [2.45, 2.75) is 70.9 Å². The first-order chi connectivity index (χ1) is 16.0. The highest BCUT2D eigenvalue weighted by atomic mass is 79.9. The lowest BCUT2D eigenvalue weighted by Gasteiger charge is -2.26. The van der Waals surface area contributed by atoms with E-state index in [9.17, 15) is 22.8 Å². The number of alkyl carbamates (subject to hydrolysis) is 2. The van der Waals surface area contributed by atoms with Crippen molar-refractivity contribution < 1.29 is 32.2 Å². The molecule has 0 radical (unpaired) electrons. The van der Waals surface area contributed by atoms with Crippen LogP contribution in [0.2, 0.25) is 0 Å². The summed E-state index contributed by atoms with van der Waals surface area (Å²) in [6.07, 6.45) is -5.29. The van der Waals surface area contributed by atoms with Crippen molar-refractivity contribution in [2.24, 2.45) is 0 Å². The molecule has 35 heavy (non-hydrogen) atoms. The SMILES string of the molecule is CC(C)(C)OC(=O)N[C@H](CNC(=O)OC(C)(C)Cc1nc(Br)cs1)Cc1ccc(C(F)(F)F)cc1. The fourth-order valence-corrected chi connectivity index (χ4v) is 4.51. The van der Waals surface area contributed by atoms with E-state index in [-0.39, 0.29) is 13.0 Å². The van der Waals surface area contributed by atoms with Gasteiger partial charge in [-0.25, -0.2) is 14.6 Å². The molecule has 12 heteroatoms. The number of rotatable bonds is 8.